The number of urea groups is 1. The van der Waals surface area contributed by atoms with Crippen molar-refractivity contribution in [3.8, 4) is 5.75 Å². The minimum atomic E-state index is -0.280. The van der Waals surface area contributed by atoms with Crippen LogP contribution in [0, 0.1) is 0 Å². The van der Waals surface area contributed by atoms with Crippen LogP contribution in [-0.2, 0) is 11.3 Å². The second kappa shape index (κ2) is 9.77. The van der Waals surface area contributed by atoms with Crippen molar-refractivity contribution in [3.05, 3.63) is 43.0 Å². The van der Waals surface area contributed by atoms with Crippen molar-refractivity contribution in [1.82, 2.24) is 19.4 Å². The average molecular weight is 385 g/mol. The third-order valence-electron chi connectivity index (χ3n) is 4.61. The number of carbonyl (C=O) groups is 2. The summed E-state index contributed by atoms with van der Waals surface area (Å²) >= 11 is 0. The van der Waals surface area contributed by atoms with Crippen molar-refractivity contribution in [2.24, 2.45) is 0 Å². The smallest absolute Gasteiger partial charge is 0.322 e. The Labute approximate surface area is 165 Å². The summed E-state index contributed by atoms with van der Waals surface area (Å²) in [4.78, 5) is 32.5. The van der Waals surface area contributed by atoms with E-state index in [-0.39, 0.29) is 18.5 Å². The predicted octanol–water partition coefficient (Wildman–Crippen LogP) is 2.44. The maximum absolute atomic E-state index is 12.7. The van der Waals surface area contributed by atoms with Gasteiger partial charge >= 0.3 is 6.03 Å². The number of aromatic nitrogens is 2. The monoisotopic (exact) mass is 385 g/mol. The Bertz CT molecular complexity index is 778. The highest BCUT2D eigenvalue weighted by Crippen LogP contribution is 2.24. The molecule has 0 atom stereocenters. The number of amides is 3. The first-order chi connectivity index (χ1) is 13.7. The van der Waals surface area contributed by atoms with E-state index >= 15 is 0 Å². The van der Waals surface area contributed by atoms with E-state index in [2.05, 4.69) is 10.3 Å². The second-order valence-corrected chi connectivity index (χ2v) is 6.73. The molecule has 1 aromatic heterocycles. The van der Waals surface area contributed by atoms with Crippen molar-refractivity contribution in [1.29, 1.82) is 0 Å². The van der Waals surface area contributed by atoms with Gasteiger partial charge in [0.05, 0.1) is 18.6 Å². The second-order valence-electron chi connectivity index (χ2n) is 6.73. The summed E-state index contributed by atoms with van der Waals surface area (Å²) in [6.07, 6.45) is 7.02. The molecule has 28 heavy (non-hydrogen) atoms. The van der Waals surface area contributed by atoms with Gasteiger partial charge in [-0.3, -0.25) is 4.79 Å². The number of ether oxygens (including phenoxy) is 1. The van der Waals surface area contributed by atoms with E-state index in [4.69, 9.17) is 4.74 Å². The molecule has 1 fully saturated rings. The first-order valence-corrected chi connectivity index (χ1v) is 9.68. The zero-order chi connectivity index (χ0) is 19.8. The van der Waals surface area contributed by atoms with Crippen LogP contribution in [0.4, 0.5) is 10.5 Å². The number of nitrogens with one attached hydrogen (secondary N) is 1. The Kier molecular flexibility index (Phi) is 6.89. The minimum absolute atomic E-state index is 0.000586. The molecule has 0 bridgehead atoms. The summed E-state index contributed by atoms with van der Waals surface area (Å²) < 4.78 is 7.76. The highest BCUT2D eigenvalue weighted by atomic mass is 16.5. The van der Waals surface area contributed by atoms with Gasteiger partial charge in [-0.2, -0.15) is 0 Å². The van der Waals surface area contributed by atoms with E-state index in [1.165, 1.54) is 0 Å². The quantitative estimate of drug-likeness (QED) is 0.794. The van der Waals surface area contributed by atoms with Crippen molar-refractivity contribution in [3.63, 3.8) is 0 Å². The molecule has 0 unspecified atom stereocenters. The van der Waals surface area contributed by atoms with Gasteiger partial charge < -0.3 is 24.4 Å². The molecule has 150 valence electrons. The van der Waals surface area contributed by atoms with Crippen molar-refractivity contribution in [2.75, 3.05) is 38.1 Å². The lowest BCUT2D eigenvalue weighted by Gasteiger charge is -2.22. The SMILES string of the molecule is CCCN1CCCN(C(=O)Nc2ccccc2OCCn2ccnc2)CC1=O. The van der Waals surface area contributed by atoms with Crippen LogP contribution < -0.4 is 10.1 Å². The standard InChI is InChI=1S/C20H27N5O3/c1-2-9-24-10-5-11-25(15-19(24)26)20(27)22-17-6-3-4-7-18(17)28-14-13-23-12-8-21-16-23/h3-4,6-8,12,16H,2,5,9-11,13-15H2,1H3,(H,22,27). The summed E-state index contributed by atoms with van der Waals surface area (Å²) in [6, 6.07) is 7.04. The zero-order valence-corrected chi connectivity index (χ0v) is 16.2. The molecule has 1 N–H and O–H groups in total. The number of anilines is 1. The third kappa shape index (κ3) is 5.25. The lowest BCUT2D eigenvalue weighted by atomic mass is 10.3. The number of nitrogens with zero attached hydrogens (tertiary/aromatic N) is 4. The first-order valence-electron chi connectivity index (χ1n) is 9.68. The fraction of sp³-hybridized carbons (Fsp3) is 0.450. The predicted molar refractivity (Wildman–Crippen MR) is 106 cm³/mol. The topological polar surface area (TPSA) is 79.7 Å². The molecule has 1 aromatic carbocycles. The molecule has 0 aliphatic carbocycles. The van der Waals surface area contributed by atoms with E-state index in [9.17, 15) is 9.59 Å². The van der Waals surface area contributed by atoms with E-state index in [0.29, 0.717) is 37.7 Å². The molecular formula is C20H27N5O3. The lowest BCUT2D eigenvalue weighted by molar-refractivity contribution is -0.130. The third-order valence-corrected chi connectivity index (χ3v) is 4.61. The number of hydrogen-bond donors (Lipinski definition) is 1. The molecule has 0 radical (unpaired) electrons. The Balaban J connectivity index is 1.58. The Morgan fingerprint density at radius 1 is 1.25 bits per heavy atom. The summed E-state index contributed by atoms with van der Waals surface area (Å²) in [6.45, 7) is 5.27. The first kappa shape index (κ1) is 19.7. The van der Waals surface area contributed by atoms with Crippen LogP contribution >= 0.6 is 0 Å². The molecular weight excluding hydrogens is 358 g/mol. The molecule has 2 aromatic rings. The van der Waals surface area contributed by atoms with E-state index in [0.717, 1.165) is 19.4 Å². The Morgan fingerprint density at radius 2 is 2.11 bits per heavy atom. The molecule has 1 aliphatic heterocycles. The van der Waals surface area contributed by atoms with Crippen LogP contribution in [0.3, 0.4) is 0 Å². The van der Waals surface area contributed by atoms with Crippen molar-refractivity contribution in [2.45, 2.75) is 26.3 Å². The van der Waals surface area contributed by atoms with Crippen LogP contribution in [0.25, 0.3) is 0 Å². The zero-order valence-electron chi connectivity index (χ0n) is 16.2. The van der Waals surface area contributed by atoms with Gasteiger partial charge in [0.1, 0.15) is 18.9 Å². The molecule has 2 heterocycles. The van der Waals surface area contributed by atoms with E-state index < -0.39 is 0 Å². The largest absolute Gasteiger partial charge is 0.490 e. The number of benzene rings is 1. The van der Waals surface area contributed by atoms with Gasteiger partial charge in [-0.05, 0) is 25.0 Å². The highest BCUT2D eigenvalue weighted by Gasteiger charge is 2.24. The molecule has 0 spiro atoms. The summed E-state index contributed by atoms with van der Waals surface area (Å²) in [5.41, 5.74) is 0.597. The van der Waals surface area contributed by atoms with Gasteiger partial charge in [0.2, 0.25) is 5.91 Å². The Hall–Kier alpha value is -3.03. The van der Waals surface area contributed by atoms with Crippen molar-refractivity contribution >= 4 is 17.6 Å². The molecule has 0 saturated carbocycles. The molecule has 8 heteroatoms. The van der Waals surface area contributed by atoms with Gasteiger partial charge in [-0.25, -0.2) is 9.78 Å². The lowest BCUT2D eigenvalue weighted by Crippen LogP contribution is -2.41. The van der Waals surface area contributed by atoms with E-state index in [1.54, 1.807) is 23.5 Å². The number of imidazole rings is 1. The van der Waals surface area contributed by atoms with Crippen LogP contribution in [-0.4, -0.2) is 64.1 Å². The number of hydrogen-bond acceptors (Lipinski definition) is 4. The van der Waals surface area contributed by atoms with Crippen LogP contribution in [0.15, 0.2) is 43.0 Å². The maximum Gasteiger partial charge on any atom is 0.322 e. The van der Waals surface area contributed by atoms with Gasteiger partial charge in [0, 0.05) is 32.0 Å². The average Bonchev–Trinajstić information content (AvgIpc) is 3.14. The van der Waals surface area contributed by atoms with Gasteiger partial charge in [0.25, 0.3) is 0 Å². The molecule has 3 amide bonds. The van der Waals surface area contributed by atoms with Crippen LogP contribution in [0.1, 0.15) is 19.8 Å². The molecule has 1 aliphatic rings. The van der Waals surface area contributed by atoms with Crippen LogP contribution in [0.2, 0.25) is 0 Å². The number of rotatable bonds is 7. The normalized spacial score (nSPS) is 14.7. The Morgan fingerprint density at radius 3 is 2.89 bits per heavy atom. The fourth-order valence-electron chi connectivity index (χ4n) is 3.17. The summed E-state index contributed by atoms with van der Waals surface area (Å²) in [5.74, 6) is 0.601. The van der Waals surface area contributed by atoms with Crippen molar-refractivity contribution < 1.29 is 14.3 Å². The fourth-order valence-corrected chi connectivity index (χ4v) is 3.17. The summed E-state index contributed by atoms with van der Waals surface area (Å²) in [5, 5.41) is 2.89. The van der Waals surface area contributed by atoms with Gasteiger partial charge in [-0.1, -0.05) is 19.1 Å². The number of para-hydroxylation sites is 2. The highest BCUT2D eigenvalue weighted by molar-refractivity contribution is 5.93. The molecule has 8 nitrogen and oxygen atoms in total. The molecule has 1 saturated heterocycles. The van der Waals surface area contributed by atoms with Crippen LogP contribution in [0.5, 0.6) is 5.75 Å². The van der Waals surface area contributed by atoms with E-state index in [1.807, 2.05) is 40.8 Å². The summed E-state index contributed by atoms with van der Waals surface area (Å²) in [7, 11) is 0. The minimum Gasteiger partial charge on any atom is -0.490 e. The number of carbonyl (C=O) groups excluding carboxylic acids is 2. The molecule has 3 rings (SSSR count). The van der Waals surface area contributed by atoms with Gasteiger partial charge in [-0.15, -0.1) is 0 Å². The maximum atomic E-state index is 12.7. The van der Waals surface area contributed by atoms with Gasteiger partial charge in [0.15, 0.2) is 0 Å².